The Labute approximate surface area is 128 Å². The number of carboxylic acid groups (broad SMARTS) is 2. The topological polar surface area (TPSA) is 95.7 Å². The molecular weight excluding hydrogens is 286 g/mol. The van der Waals surface area contributed by atoms with Crippen LogP contribution in [0.1, 0.15) is 0 Å². The number of nitrogens with zero attached hydrogens (tertiary/aromatic N) is 3. The number of benzene rings is 1. The van der Waals surface area contributed by atoms with Crippen molar-refractivity contribution in [2.75, 3.05) is 20.6 Å². The molecule has 0 spiro atoms. The lowest BCUT2D eigenvalue weighted by molar-refractivity contribution is -0.134. The third-order valence-electron chi connectivity index (χ3n) is 2.68. The quantitative estimate of drug-likeness (QED) is 0.809. The van der Waals surface area contributed by atoms with Crippen LogP contribution in [0.25, 0.3) is 11.0 Å². The maximum atomic E-state index is 9.55. The first-order valence-corrected chi connectivity index (χ1v) is 6.58. The zero-order chi connectivity index (χ0) is 16.5. The Morgan fingerprint density at radius 2 is 1.77 bits per heavy atom. The molecule has 0 unspecified atom stereocenters. The molecule has 1 aromatic heterocycles. The molecule has 0 aliphatic heterocycles. The van der Waals surface area contributed by atoms with E-state index in [1.807, 2.05) is 18.5 Å². The first-order valence-electron chi connectivity index (χ1n) is 6.58. The molecule has 0 bridgehead atoms. The number of aliphatic carboxylic acids is 2. The summed E-state index contributed by atoms with van der Waals surface area (Å²) >= 11 is 0. The SMILES string of the molecule is CN(C)CCn1cnc2ccccc21.O=C(O)/C=C/C(=O)O. The molecule has 0 amide bonds. The van der Waals surface area contributed by atoms with Crippen LogP contribution in [0.4, 0.5) is 0 Å². The van der Waals surface area contributed by atoms with Crippen LogP contribution in [0.2, 0.25) is 0 Å². The minimum absolute atomic E-state index is 0.558. The second-order valence-corrected chi connectivity index (χ2v) is 4.74. The van der Waals surface area contributed by atoms with Crippen molar-refractivity contribution in [2.45, 2.75) is 6.54 Å². The van der Waals surface area contributed by atoms with Crippen molar-refractivity contribution in [3.8, 4) is 0 Å². The number of likely N-dealkylation sites (N-methyl/N-ethyl adjacent to an activating group) is 1. The van der Waals surface area contributed by atoms with E-state index >= 15 is 0 Å². The van der Waals surface area contributed by atoms with Gasteiger partial charge >= 0.3 is 11.9 Å². The molecule has 1 aromatic carbocycles. The molecule has 2 rings (SSSR count). The van der Waals surface area contributed by atoms with Gasteiger partial charge in [0.05, 0.1) is 17.4 Å². The summed E-state index contributed by atoms with van der Waals surface area (Å²) in [7, 11) is 4.16. The number of rotatable bonds is 5. The molecule has 0 aliphatic carbocycles. The first kappa shape index (κ1) is 17.4. The molecule has 2 aromatic rings. The molecule has 7 heteroatoms. The number of aromatic nitrogens is 2. The second kappa shape index (κ2) is 8.58. The smallest absolute Gasteiger partial charge is 0.328 e. The van der Waals surface area contributed by atoms with Crippen LogP contribution in [0.5, 0.6) is 0 Å². The summed E-state index contributed by atoms with van der Waals surface area (Å²) in [5.41, 5.74) is 2.29. The molecule has 1 heterocycles. The van der Waals surface area contributed by atoms with E-state index in [2.05, 4.69) is 40.7 Å². The maximum absolute atomic E-state index is 9.55. The Hall–Kier alpha value is -2.67. The summed E-state index contributed by atoms with van der Waals surface area (Å²) in [6.07, 6.45) is 3.03. The lowest BCUT2D eigenvalue weighted by Gasteiger charge is -2.10. The Bertz CT molecular complexity index is 646. The van der Waals surface area contributed by atoms with Gasteiger partial charge in [-0.15, -0.1) is 0 Å². The minimum atomic E-state index is -1.26. The minimum Gasteiger partial charge on any atom is -0.478 e. The molecular formula is C15H19N3O4. The first-order chi connectivity index (χ1) is 10.4. The Morgan fingerprint density at radius 1 is 1.18 bits per heavy atom. The van der Waals surface area contributed by atoms with Crippen molar-refractivity contribution < 1.29 is 19.8 Å². The standard InChI is InChI=1S/C11H15N3.C4H4O4/c1-13(2)7-8-14-9-12-10-5-3-4-6-11(10)14;5-3(6)1-2-4(7)8/h3-6,9H,7-8H2,1-2H3;1-2H,(H,5,6)(H,7,8)/b;2-1+. The van der Waals surface area contributed by atoms with Gasteiger partial charge in [0.2, 0.25) is 0 Å². The molecule has 0 radical (unpaired) electrons. The number of hydrogen-bond donors (Lipinski definition) is 2. The Kier molecular flexibility index (Phi) is 6.78. The van der Waals surface area contributed by atoms with Crippen molar-refractivity contribution in [3.63, 3.8) is 0 Å². The number of hydrogen-bond acceptors (Lipinski definition) is 4. The summed E-state index contributed by atoms with van der Waals surface area (Å²) in [5.74, 6) is -2.51. The number of imidazole rings is 1. The molecule has 0 aliphatic rings. The van der Waals surface area contributed by atoms with Gasteiger partial charge in [0.1, 0.15) is 0 Å². The zero-order valence-corrected chi connectivity index (χ0v) is 12.5. The van der Waals surface area contributed by atoms with Crippen LogP contribution in [0, 0.1) is 0 Å². The van der Waals surface area contributed by atoms with E-state index in [1.54, 1.807) is 0 Å². The van der Waals surface area contributed by atoms with Crippen molar-refractivity contribution in [1.82, 2.24) is 14.5 Å². The lowest BCUT2D eigenvalue weighted by Crippen LogP contribution is -2.17. The molecule has 0 fully saturated rings. The number of carboxylic acids is 2. The Balaban J connectivity index is 0.000000261. The lowest BCUT2D eigenvalue weighted by atomic mass is 10.3. The third-order valence-corrected chi connectivity index (χ3v) is 2.68. The van der Waals surface area contributed by atoms with Crippen LogP contribution in [0.15, 0.2) is 42.7 Å². The average molecular weight is 305 g/mol. The predicted molar refractivity (Wildman–Crippen MR) is 82.7 cm³/mol. The van der Waals surface area contributed by atoms with Crippen molar-refractivity contribution in [2.24, 2.45) is 0 Å². The fraction of sp³-hybridized carbons (Fsp3) is 0.267. The fourth-order valence-corrected chi connectivity index (χ4v) is 1.64. The van der Waals surface area contributed by atoms with Gasteiger partial charge in [-0.1, -0.05) is 12.1 Å². The van der Waals surface area contributed by atoms with E-state index < -0.39 is 11.9 Å². The van der Waals surface area contributed by atoms with E-state index in [9.17, 15) is 9.59 Å². The van der Waals surface area contributed by atoms with Gasteiger partial charge in [0.25, 0.3) is 0 Å². The molecule has 118 valence electrons. The van der Waals surface area contributed by atoms with E-state index in [1.165, 1.54) is 5.52 Å². The van der Waals surface area contributed by atoms with Crippen molar-refractivity contribution >= 4 is 23.0 Å². The highest BCUT2D eigenvalue weighted by atomic mass is 16.4. The van der Waals surface area contributed by atoms with Gasteiger partial charge in [-0.25, -0.2) is 14.6 Å². The molecule has 0 atom stereocenters. The summed E-state index contributed by atoms with van der Waals surface area (Å²) in [6.45, 7) is 2.04. The molecule has 0 saturated heterocycles. The van der Waals surface area contributed by atoms with Crippen molar-refractivity contribution in [3.05, 3.63) is 42.7 Å². The number of para-hydroxylation sites is 2. The van der Waals surface area contributed by atoms with Crippen LogP contribution >= 0.6 is 0 Å². The van der Waals surface area contributed by atoms with Gasteiger partial charge in [-0.2, -0.15) is 0 Å². The summed E-state index contributed by atoms with van der Waals surface area (Å²) < 4.78 is 2.19. The van der Waals surface area contributed by atoms with Crippen LogP contribution in [-0.4, -0.2) is 57.2 Å². The molecule has 7 nitrogen and oxygen atoms in total. The van der Waals surface area contributed by atoms with Crippen LogP contribution in [0.3, 0.4) is 0 Å². The van der Waals surface area contributed by atoms with Gasteiger partial charge < -0.3 is 19.7 Å². The van der Waals surface area contributed by atoms with E-state index in [0.717, 1.165) is 18.6 Å². The summed E-state index contributed by atoms with van der Waals surface area (Å²) in [4.78, 5) is 25.6. The summed E-state index contributed by atoms with van der Waals surface area (Å²) in [5, 5.41) is 15.6. The van der Waals surface area contributed by atoms with Gasteiger partial charge in [0, 0.05) is 25.2 Å². The number of fused-ring (bicyclic) bond motifs is 1. The van der Waals surface area contributed by atoms with Crippen LogP contribution in [-0.2, 0) is 16.1 Å². The van der Waals surface area contributed by atoms with Gasteiger partial charge in [-0.3, -0.25) is 0 Å². The van der Waals surface area contributed by atoms with Gasteiger partial charge in [0.15, 0.2) is 0 Å². The van der Waals surface area contributed by atoms with Crippen molar-refractivity contribution in [1.29, 1.82) is 0 Å². The summed E-state index contributed by atoms with van der Waals surface area (Å²) in [6, 6.07) is 8.22. The normalized spacial score (nSPS) is 10.7. The molecule has 22 heavy (non-hydrogen) atoms. The van der Waals surface area contributed by atoms with E-state index in [0.29, 0.717) is 12.2 Å². The van der Waals surface area contributed by atoms with E-state index in [-0.39, 0.29) is 0 Å². The highest BCUT2D eigenvalue weighted by Crippen LogP contribution is 2.11. The highest BCUT2D eigenvalue weighted by molar-refractivity contribution is 5.89. The fourth-order valence-electron chi connectivity index (χ4n) is 1.64. The third kappa shape index (κ3) is 6.19. The monoisotopic (exact) mass is 305 g/mol. The highest BCUT2D eigenvalue weighted by Gasteiger charge is 2.00. The predicted octanol–water partition coefficient (Wildman–Crippen LogP) is 1.31. The van der Waals surface area contributed by atoms with Gasteiger partial charge in [-0.05, 0) is 26.2 Å². The largest absolute Gasteiger partial charge is 0.478 e. The zero-order valence-electron chi connectivity index (χ0n) is 12.5. The average Bonchev–Trinajstić information content (AvgIpc) is 2.87. The second-order valence-electron chi connectivity index (χ2n) is 4.74. The molecule has 2 N–H and O–H groups in total. The number of carbonyl (C=O) groups is 2. The maximum Gasteiger partial charge on any atom is 0.328 e. The van der Waals surface area contributed by atoms with E-state index in [4.69, 9.17) is 10.2 Å². The Morgan fingerprint density at radius 3 is 2.32 bits per heavy atom. The van der Waals surface area contributed by atoms with Crippen LogP contribution < -0.4 is 0 Å². The molecule has 0 saturated carbocycles.